The minimum atomic E-state index is -0.0668. The van der Waals surface area contributed by atoms with Crippen molar-refractivity contribution in [1.29, 1.82) is 5.26 Å². The Kier molecular flexibility index (Phi) is 4.50. The highest BCUT2D eigenvalue weighted by atomic mass is 16.5. The van der Waals surface area contributed by atoms with Gasteiger partial charge in [-0.3, -0.25) is 4.79 Å². The lowest BCUT2D eigenvalue weighted by Crippen LogP contribution is -2.41. The molecule has 100 valence electrons. The zero-order valence-corrected chi connectivity index (χ0v) is 10.9. The van der Waals surface area contributed by atoms with Gasteiger partial charge in [0, 0.05) is 25.8 Å². The molecular weight excluding hydrogens is 242 g/mol. The standard InChI is InChI=1S/C14H17N3O2/c1-17(12-4-2-3-11(7-12)9-15)14(18)8-13-10-16-5-6-19-13/h2-4,7,13,16H,5-6,8,10H2,1H3. The summed E-state index contributed by atoms with van der Waals surface area (Å²) in [6.07, 6.45) is 0.281. The Morgan fingerprint density at radius 1 is 1.63 bits per heavy atom. The quantitative estimate of drug-likeness (QED) is 0.876. The van der Waals surface area contributed by atoms with Crippen LogP contribution in [0.25, 0.3) is 0 Å². The fraction of sp³-hybridized carbons (Fsp3) is 0.429. The Morgan fingerprint density at radius 2 is 2.47 bits per heavy atom. The SMILES string of the molecule is CN(C(=O)CC1CNCCO1)c1cccc(C#N)c1. The van der Waals surface area contributed by atoms with Crippen LogP contribution in [0.5, 0.6) is 0 Å². The first kappa shape index (κ1) is 13.5. The molecule has 0 bridgehead atoms. The molecule has 1 aromatic rings. The maximum absolute atomic E-state index is 12.1. The van der Waals surface area contributed by atoms with Crippen LogP contribution in [0, 0.1) is 11.3 Å². The van der Waals surface area contributed by atoms with Crippen LogP contribution in [-0.4, -0.2) is 38.8 Å². The Hall–Kier alpha value is -1.90. The molecule has 1 aromatic carbocycles. The van der Waals surface area contributed by atoms with Crippen LogP contribution in [0.15, 0.2) is 24.3 Å². The van der Waals surface area contributed by atoms with E-state index in [0.29, 0.717) is 25.1 Å². The van der Waals surface area contributed by atoms with Crippen LogP contribution >= 0.6 is 0 Å². The zero-order valence-electron chi connectivity index (χ0n) is 10.9. The molecule has 0 saturated carbocycles. The van der Waals surface area contributed by atoms with Gasteiger partial charge in [-0.15, -0.1) is 0 Å². The second-order valence-corrected chi connectivity index (χ2v) is 4.52. The van der Waals surface area contributed by atoms with E-state index in [9.17, 15) is 4.79 Å². The first-order valence-corrected chi connectivity index (χ1v) is 6.30. The molecule has 0 aliphatic carbocycles. The van der Waals surface area contributed by atoms with Crippen molar-refractivity contribution < 1.29 is 9.53 Å². The van der Waals surface area contributed by atoms with Crippen molar-refractivity contribution in [2.45, 2.75) is 12.5 Å². The normalized spacial score (nSPS) is 18.6. The van der Waals surface area contributed by atoms with Gasteiger partial charge >= 0.3 is 0 Å². The number of hydrogen-bond donors (Lipinski definition) is 1. The summed E-state index contributed by atoms with van der Waals surface area (Å²) in [6.45, 7) is 2.19. The lowest BCUT2D eigenvalue weighted by molar-refractivity contribution is -0.121. The van der Waals surface area contributed by atoms with Gasteiger partial charge < -0.3 is 15.0 Å². The molecule has 1 heterocycles. The summed E-state index contributed by atoms with van der Waals surface area (Å²) in [4.78, 5) is 13.7. The third-order valence-electron chi connectivity index (χ3n) is 3.14. The Morgan fingerprint density at radius 3 is 3.16 bits per heavy atom. The van der Waals surface area contributed by atoms with Crippen molar-refractivity contribution in [3.63, 3.8) is 0 Å². The summed E-state index contributed by atoms with van der Waals surface area (Å²) in [7, 11) is 1.72. The van der Waals surface area contributed by atoms with E-state index in [-0.39, 0.29) is 12.0 Å². The average Bonchev–Trinajstić information content (AvgIpc) is 2.47. The van der Waals surface area contributed by atoms with Gasteiger partial charge in [0.2, 0.25) is 5.91 Å². The lowest BCUT2D eigenvalue weighted by Gasteiger charge is -2.25. The number of morpholine rings is 1. The molecule has 0 aromatic heterocycles. The monoisotopic (exact) mass is 259 g/mol. The van der Waals surface area contributed by atoms with Crippen molar-refractivity contribution in [2.75, 3.05) is 31.6 Å². The number of nitrogens with zero attached hydrogens (tertiary/aromatic N) is 2. The summed E-state index contributed by atoms with van der Waals surface area (Å²) in [5, 5.41) is 12.1. The number of amides is 1. The van der Waals surface area contributed by atoms with Gasteiger partial charge in [-0.1, -0.05) is 6.07 Å². The highest BCUT2D eigenvalue weighted by Gasteiger charge is 2.20. The van der Waals surface area contributed by atoms with Crippen LogP contribution < -0.4 is 10.2 Å². The van der Waals surface area contributed by atoms with Crippen molar-refractivity contribution in [3.05, 3.63) is 29.8 Å². The van der Waals surface area contributed by atoms with E-state index in [2.05, 4.69) is 11.4 Å². The number of nitriles is 1. The number of nitrogens with one attached hydrogen (secondary N) is 1. The van der Waals surface area contributed by atoms with E-state index >= 15 is 0 Å². The summed E-state index contributed by atoms with van der Waals surface area (Å²) in [5.74, 6) is -0.0104. The molecule has 0 spiro atoms. The first-order valence-electron chi connectivity index (χ1n) is 6.30. The Labute approximate surface area is 112 Å². The smallest absolute Gasteiger partial charge is 0.229 e. The largest absolute Gasteiger partial charge is 0.375 e. The molecule has 1 saturated heterocycles. The Balaban J connectivity index is 1.99. The first-order chi connectivity index (χ1) is 9.20. The molecule has 1 amide bonds. The van der Waals surface area contributed by atoms with Crippen LogP contribution in [0.2, 0.25) is 0 Å². The third kappa shape index (κ3) is 3.53. The van der Waals surface area contributed by atoms with E-state index in [1.54, 1.807) is 30.1 Å². The number of ether oxygens (including phenoxy) is 1. The molecule has 5 nitrogen and oxygen atoms in total. The number of rotatable bonds is 3. The van der Waals surface area contributed by atoms with Gasteiger partial charge in [0.15, 0.2) is 0 Å². The highest BCUT2D eigenvalue weighted by molar-refractivity contribution is 5.93. The van der Waals surface area contributed by atoms with Crippen LogP contribution in [-0.2, 0) is 9.53 Å². The van der Waals surface area contributed by atoms with Crippen molar-refractivity contribution in [1.82, 2.24) is 5.32 Å². The number of anilines is 1. The Bertz CT molecular complexity index is 490. The predicted octanol–water partition coefficient (Wildman–Crippen LogP) is 0.900. The van der Waals surface area contributed by atoms with Crippen molar-refractivity contribution >= 4 is 11.6 Å². The van der Waals surface area contributed by atoms with Crippen LogP contribution in [0.4, 0.5) is 5.69 Å². The molecule has 1 aliphatic rings. The molecule has 1 aliphatic heterocycles. The fourth-order valence-corrected chi connectivity index (χ4v) is 2.01. The van der Waals surface area contributed by atoms with E-state index in [4.69, 9.17) is 10.00 Å². The van der Waals surface area contributed by atoms with Crippen LogP contribution in [0.3, 0.4) is 0 Å². The molecule has 19 heavy (non-hydrogen) atoms. The predicted molar refractivity (Wildman–Crippen MR) is 71.8 cm³/mol. The lowest BCUT2D eigenvalue weighted by atomic mass is 10.1. The van der Waals surface area contributed by atoms with Gasteiger partial charge in [-0.05, 0) is 18.2 Å². The molecule has 1 fully saturated rings. The third-order valence-corrected chi connectivity index (χ3v) is 3.14. The number of hydrogen-bond acceptors (Lipinski definition) is 4. The number of carbonyl (C=O) groups excluding carboxylic acids is 1. The summed E-state index contributed by atoms with van der Waals surface area (Å²) < 4.78 is 5.52. The molecular formula is C14H17N3O2. The summed E-state index contributed by atoms with van der Waals surface area (Å²) in [6, 6.07) is 9.09. The number of carbonyl (C=O) groups is 1. The number of benzene rings is 1. The van der Waals surface area contributed by atoms with Gasteiger partial charge in [-0.25, -0.2) is 0 Å². The van der Waals surface area contributed by atoms with Crippen molar-refractivity contribution in [3.8, 4) is 6.07 Å². The van der Waals surface area contributed by atoms with E-state index in [1.165, 1.54) is 0 Å². The second kappa shape index (κ2) is 6.32. The summed E-state index contributed by atoms with van der Waals surface area (Å²) >= 11 is 0. The second-order valence-electron chi connectivity index (χ2n) is 4.52. The van der Waals surface area contributed by atoms with Crippen molar-refractivity contribution in [2.24, 2.45) is 0 Å². The maximum Gasteiger partial charge on any atom is 0.229 e. The summed E-state index contributed by atoms with van der Waals surface area (Å²) in [5.41, 5.74) is 1.28. The zero-order chi connectivity index (χ0) is 13.7. The molecule has 0 radical (unpaired) electrons. The molecule has 5 heteroatoms. The topological polar surface area (TPSA) is 65.4 Å². The maximum atomic E-state index is 12.1. The molecule has 1 N–H and O–H groups in total. The van der Waals surface area contributed by atoms with Gasteiger partial charge in [-0.2, -0.15) is 5.26 Å². The van der Waals surface area contributed by atoms with Gasteiger partial charge in [0.1, 0.15) is 0 Å². The minimum Gasteiger partial charge on any atom is -0.375 e. The molecule has 1 unspecified atom stereocenters. The molecule has 2 rings (SSSR count). The van der Waals surface area contributed by atoms with Gasteiger partial charge in [0.05, 0.1) is 30.8 Å². The van der Waals surface area contributed by atoms with E-state index in [0.717, 1.165) is 12.2 Å². The van der Waals surface area contributed by atoms with Gasteiger partial charge in [0.25, 0.3) is 0 Å². The fourth-order valence-electron chi connectivity index (χ4n) is 2.01. The van der Waals surface area contributed by atoms with Crippen LogP contribution in [0.1, 0.15) is 12.0 Å². The highest BCUT2D eigenvalue weighted by Crippen LogP contribution is 2.16. The van der Waals surface area contributed by atoms with E-state index < -0.39 is 0 Å². The van der Waals surface area contributed by atoms with E-state index in [1.807, 2.05) is 6.07 Å². The molecule has 1 atom stereocenters. The minimum absolute atomic E-state index is 0.0104. The average molecular weight is 259 g/mol.